The second-order valence-corrected chi connectivity index (χ2v) is 4.88. The Morgan fingerprint density at radius 1 is 1.41 bits per heavy atom. The molecule has 0 saturated heterocycles. The Kier molecular flexibility index (Phi) is 3.44. The summed E-state index contributed by atoms with van der Waals surface area (Å²) >= 11 is 1.62. The highest BCUT2D eigenvalue weighted by atomic mass is 32.1. The summed E-state index contributed by atoms with van der Waals surface area (Å²) in [6.45, 7) is 2.49. The lowest BCUT2D eigenvalue weighted by Gasteiger charge is -2.07. The summed E-state index contributed by atoms with van der Waals surface area (Å²) in [4.78, 5) is 13.1. The van der Waals surface area contributed by atoms with Crippen LogP contribution in [0.3, 0.4) is 0 Å². The van der Waals surface area contributed by atoms with Crippen LogP contribution >= 0.6 is 11.3 Å². The average molecular weight is 246 g/mol. The molecule has 3 nitrogen and oxygen atoms in total. The first kappa shape index (κ1) is 11.7. The van der Waals surface area contributed by atoms with Gasteiger partial charge in [-0.25, -0.2) is 0 Å². The van der Waals surface area contributed by atoms with Crippen molar-refractivity contribution in [3.8, 4) is 0 Å². The fraction of sp³-hybridized carbons (Fsp3) is 0.154. The van der Waals surface area contributed by atoms with Crippen molar-refractivity contribution in [3.63, 3.8) is 0 Å². The van der Waals surface area contributed by atoms with Crippen LogP contribution < -0.4 is 11.1 Å². The Bertz CT molecular complexity index is 520. The molecule has 1 aromatic heterocycles. The van der Waals surface area contributed by atoms with Gasteiger partial charge in [0.2, 0.25) is 0 Å². The number of anilines is 1. The van der Waals surface area contributed by atoms with Crippen molar-refractivity contribution in [1.29, 1.82) is 0 Å². The molecule has 0 bridgehead atoms. The molecular weight excluding hydrogens is 232 g/mol. The van der Waals surface area contributed by atoms with E-state index in [9.17, 15) is 4.79 Å². The van der Waals surface area contributed by atoms with Crippen LogP contribution in [0.1, 0.15) is 20.8 Å². The predicted octanol–water partition coefficient (Wildman–Crippen LogP) is 2.57. The molecule has 0 saturated carbocycles. The van der Waals surface area contributed by atoms with Crippen LogP contribution in [0.5, 0.6) is 0 Å². The number of thiophene rings is 1. The fourth-order valence-electron chi connectivity index (χ4n) is 1.54. The normalized spacial score (nSPS) is 10.2. The number of aryl methyl sites for hydroxylation is 1. The SMILES string of the molecule is Cc1ccc(N)c(C(=O)NCc2cccs2)c1. The number of carbonyl (C=O) groups is 1. The molecule has 4 heteroatoms. The summed E-state index contributed by atoms with van der Waals surface area (Å²) in [6, 6.07) is 9.41. The van der Waals surface area contributed by atoms with Crippen LogP contribution in [-0.4, -0.2) is 5.91 Å². The molecule has 88 valence electrons. The van der Waals surface area contributed by atoms with E-state index in [2.05, 4.69) is 5.32 Å². The van der Waals surface area contributed by atoms with E-state index < -0.39 is 0 Å². The smallest absolute Gasteiger partial charge is 0.253 e. The Labute approximate surface area is 104 Å². The molecule has 0 fully saturated rings. The number of benzene rings is 1. The van der Waals surface area contributed by atoms with Crippen molar-refractivity contribution in [3.05, 3.63) is 51.7 Å². The number of carbonyl (C=O) groups excluding carboxylic acids is 1. The molecule has 0 unspecified atom stereocenters. The van der Waals surface area contributed by atoms with Gasteiger partial charge in [-0.1, -0.05) is 17.7 Å². The molecule has 0 radical (unpaired) electrons. The van der Waals surface area contributed by atoms with Gasteiger partial charge < -0.3 is 11.1 Å². The van der Waals surface area contributed by atoms with E-state index in [0.29, 0.717) is 17.8 Å². The third-order valence-corrected chi connectivity index (χ3v) is 3.33. The largest absolute Gasteiger partial charge is 0.398 e. The standard InChI is InChI=1S/C13H14N2OS/c1-9-4-5-12(14)11(7-9)13(16)15-8-10-3-2-6-17-10/h2-7H,8,14H2,1H3,(H,15,16). The van der Waals surface area contributed by atoms with E-state index in [1.807, 2.05) is 30.5 Å². The van der Waals surface area contributed by atoms with Crippen LogP contribution in [0.2, 0.25) is 0 Å². The lowest BCUT2D eigenvalue weighted by Crippen LogP contribution is -2.23. The van der Waals surface area contributed by atoms with Crippen molar-refractivity contribution in [1.82, 2.24) is 5.32 Å². The summed E-state index contributed by atoms with van der Waals surface area (Å²) in [5, 5.41) is 4.85. The first-order valence-electron chi connectivity index (χ1n) is 5.33. The van der Waals surface area contributed by atoms with E-state index >= 15 is 0 Å². The molecule has 1 amide bonds. The zero-order valence-corrected chi connectivity index (χ0v) is 10.4. The average Bonchev–Trinajstić information content (AvgIpc) is 2.82. The Morgan fingerprint density at radius 2 is 2.24 bits per heavy atom. The van der Waals surface area contributed by atoms with E-state index in [4.69, 9.17) is 5.73 Å². The highest BCUT2D eigenvalue weighted by molar-refractivity contribution is 7.09. The number of rotatable bonds is 3. The van der Waals surface area contributed by atoms with Crippen LogP contribution in [0.15, 0.2) is 35.7 Å². The maximum atomic E-state index is 11.9. The highest BCUT2D eigenvalue weighted by Crippen LogP contribution is 2.14. The van der Waals surface area contributed by atoms with Gasteiger partial charge in [-0.15, -0.1) is 11.3 Å². The summed E-state index contributed by atoms with van der Waals surface area (Å²) in [5.41, 5.74) is 7.87. The fourth-order valence-corrected chi connectivity index (χ4v) is 2.19. The van der Waals surface area contributed by atoms with Crippen molar-refractivity contribution < 1.29 is 4.79 Å². The van der Waals surface area contributed by atoms with Gasteiger partial charge in [0.05, 0.1) is 12.1 Å². The zero-order chi connectivity index (χ0) is 12.3. The first-order chi connectivity index (χ1) is 8.16. The van der Waals surface area contributed by atoms with Gasteiger partial charge in [-0.2, -0.15) is 0 Å². The van der Waals surface area contributed by atoms with Gasteiger partial charge in [-0.3, -0.25) is 4.79 Å². The maximum Gasteiger partial charge on any atom is 0.253 e. The Morgan fingerprint density at radius 3 is 2.94 bits per heavy atom. The Hall–Kier alpha value is -1.81. The minimum absolute atomic E-state index is 0.125. The molecule has 1 aromatic carbocycles. The minimum atomic E-state index is -0.125. The molecule has 2 rings (SSSR count). The monoisotopic (exact) mass is 246 g/mol. The molecule has 1 heterocycles. The third kappa shape index (κ3) is 2.85. The number of hydrogen-bond donors (Lipinski definition) is 2. The van der Waals surface area contributed by atoms with Crippen molar-refractivity contribution in [2.45, 2.75) is 13.5 Å². The van der Waals surface area contributed by atoms with E-state index in [0.717, 1.165) is 10.4 Å². The molecule has 17 heavy (non-hydrogen) atoms. The molecule has 0 aliphatic rings. The third-order valence-electron chi connectivity index (χ3n) is 2.46. The number of amides is 1. The summed E-state index contributed by atoms with van der Waals surface area (Å²) < 4.78 is 0. The summed E-state index contributed by atoms with van der Waals surface area (Å²) in [6.07, 6.45) is 0. The van der Waals surface area contributed by atoms with E-state index in [1.165, 1.54) is 0 Å². The highest BCUT2D eigenvalue weighted by Gasteiger charge is 2.09. The van der Waals surface area contributed by atoms with E-state index in [1.54, 1.807) is 23.5 Å². The van der Waals surface area contributed by atoms with Gasteiger partial charge in [0.15, 0.2) is 0 Å². The van der Waals surface area contributed by atoms with Crippen LogP contribution in [-0.2, 0) is 6.54 Å². The van der Waals surface area contributed by atoms with Gasteiger partial charge in [0.1, 0.15) is 0 Å². The minimum Gasteiger partial charge on any atom is -0.398 e. The Balaban J connectivity index is 2.07. The van der Waals surface area contributed by atoms with Gasteiger partial charge in [0, 0.05) is 10.6 Å². The number of hydrogen-bond acceptors (Lipinski definition) is 3. The first-order valence-corrected chi connectivity index (χ1v) is 6.21. The molecule has 2 aromatic rings. The number of nitrogens with one attached hydrogen (secondary N) is 1. The van der Waals surface area contributed by atoms with Crippen molar-refractivity contribution >= 4 is 22.9 Å². The molecule has 0 spiro atoms. The number of nitrogens with two attached hydrogens (primary N) is 1. The topological polar surface area (TPSA) is 55.1 Å². The zero-order valence-electron chi connectivity index (χ0n) is 9.57. The lowest BCUT2D eigenvalue weighted by atomic mass is 10.1. The van der Waals surface area contributed by atoms with Crippen LogP contribution in [0.4, 0.5) is 5.69 Å². The van der Waals surface area contributed by atoms with E-state index in [-0.39, 0.29) is 5.91 Å². The van der Waals surface area contributed by atoms with Crippen LogP contribution in [0.25, 0.3) is 0 Å². The molecule has 0 aliphatic heterocycles. The second kappa shape index (κ2) is 5.01. The van der Waals surface area contributed by atoms with Crippen LogP contribution in [0, 0.1) is 6.92 Å². The second-order valence-electron chi connectivity index (χ2n) is 3.85. The maximum absolute atomic E-state index is 11.9. The van der Waals surface area contributed by atoms with Gasteiger partial charge in [-0.05, 0) is 30.5 Å². The van der Waals surface area contributed by atoms with Gasteiger partial charge in [0.25, 0.3) is 5.91 Å². The van der Waals surface area contributed by atoms with Crippen molar-refractivity contribution in [2.75, 3.05) is 5.73 Å². The lowest BCUT2D eigenvalue weighted by molar-refractivity contribution is 0.0952. The van der Waals surface area contributed by atoms with Crippen molar-refractivity contribution in [2.24, 2.45) is 0 Å². The molecular formula is C13H14N2OS. The quantitative estimate of drug-likeness (QED) is 0.818. The summed E-state index contributed by atoms with van der Waals surface area (Å²) in [7, 11) is 0. The molecule has 3 N–H and O–H groups in total. The number of nitrogen functional groups attached to an aromatic ring is 1. The molecule has 0 aliphatic carbocycles. The van der Waals surface area contributed by atoms with Gasteiger partial charge >= 0.3 is 0 Å². The molecule has 0 atom stereocenters. The predicted molar refractivity (Wildman–Crippen MR) is 71.1 cm³/mol. The summed E-state index contributed by atoms with van der Waals surface area (Å²) in [5.74, 6) is -0.125.